The summed E-state index contributed by atoms with van der Waals surface area (Å²) in [6.45, 7) is 0. The van der Waals surface area contributed by atoms with E-state index in [1.165, 1.54) is 39.7 Å². The standard InChI is InChI=1S/C15H16N2O6/c1-20-10-7-6-9(12(21-2)13(10)22-3)14(18)16-17-15(19)11-5-4-8-23-11/h4-8H,1-3H3,(H,16,18)(H,17,19). The third-order valence-corrected chi connectivity index (χ3v) is 2.98. The maximum absolute atomic E-state index is 12.2. The number of furan rings is 1. The lowest BCUT2D eigenvalue weighted by molar-refractivity contribution is 0.0829. The summed E-state index contributed by atoms with van der Waals surface area (Å²) >= 11 is 0. The van der Waals surface area contributed by atoms with Gasteiger partial charge in [0.1, 0.15) is 0 Å². The van der Waals surface area contributed by atoms with Gasteiger partial charge in [0.05, 0.1) is 33.2 Å². The molecule has 0 atom stereocenters. The van der Waals surface area contributed by atoms with Crippen LogP contribution in [0.5, 0.6) is 17.2 Å². The van der Waals surface area contributed by atoms with Gasteiger partial charge in [-0.1, -0.05) is 0 Å². The summed E-state index contributed by atoms with van der Waals surface area (Å²) < 4.78 is 20.5. The minimum absolute atomic E-state index is 0.0737. The fourth-order valence-electron chi connectivity index (χ4n) is 1.93. The van der Waals surface area contributed by atoms with Gasteiger partial charge in [-0.15, -0.1) is 0 Å². The van der Waals surface area contributed by atoms with Gasteiger partial charge >= 0.3 is 5.91 Å². The van der Waals surface area contributed by atoms with Crippen LogP contribution in [0.3, 0.4) is 0 Å². The molecule has 2 amide bonds. The Morgan fingerprint density at radius 1 is 0.913 bits per heavy atom. The molecule has 0 aliphatic heterocycles. The van der Waals surface area contributed by atoms with Crippen molar-refractivity contribution in [2.75, 3.05) is 21.3 Å². The molecular formula is C15H16N2O6. The number of nitrogens with one attached hydrogen (secondary N) is 2. The van der Waals surface area contributed by atoms with Crippen LogP contribution in [-0.4, -0.2) is 33.1 Å². The van der Waals surface area contributed by atoms with Crippen LogP contribution in [0.1, 0.15) is 20.9 Å². The first-order valence-corrected chi connectivity index (χ1v) is 6.55. The molecule has 1 heterocycles. The van der Waals surface area contributed by atoms with Crippen molar-refractivity contribution in [3.63, 3.8) is 0 Å². The van der Waals surface area contributed by atoms with Crippen molar-refractivity contribution in [3.05, 3.63) is 41.9 Å². The SMILES string of the molecule is COc1ccc(C(=O)NNC(=O)c2ccco2)c(OC)c1OC. The lowest BCUT2D eigenvalue weighted by Crippen LogP contribution is -2.41. The molecule has 2 N–H and O–H groups in total. The average Bonchev–Trinajstić information content (AvgIpc) is 3.12. The van der Waals surface area contributed by atoms with Crippen LogP contribution in [0.25, 0.3) is 0 Å². The van der Waals surface area contributed by atoms with E-state index in [1.807, 2.05) is 0 Å². The quantitative estimate of drug-likeness (QED) is 0.808. The maximum atomic E-state index is 12.2. The number of ether oxygens (including phenoxy) is 3. The largest absolute Gasteiger partial charge is 0.493 e. The Labute approximate surface area is 132 Å². The van der Waals surface area contributed by atoms with E-state index in [0.717, 1.165) is 0 Å². The Morgan fingerprint density at radius 3 is 2.17 bits per heavy atom. The first-order chi connectivity index (χ1) is 11.1. The van der Waals surface area contributed by atoms with Crippen molar-refractivity contribution in [2.24, 2.45) is 0 Å². The zero-order valence-corrected chi connectivity index (χ0v) is 12.8. The number of amides is 2. The first kappa shape index (κ1) is 16.2. The normalized spacial score (nSPS) is 9.87. The summed E-state index contributed by atoms with van der Waals surface area (Å²) in [5.74, 6) is -0.202. The van der Waals surface area contributed by atoms with Gasteiger partial charge in [0, 0.05) is 0 Å². The monoisotopic (exact) mass is 320 g/mol. The van der Waals surface area contributed by atoms with Gasteiger partial charge in [-0.05, 0) is 24.3 Å². The number of hydrogen-bond acceptors (Lipinski definition) is 6. The summed E-state index contributed by atoms with van der Waals surface area (Å²) in [4.78, 5) is 24.0. The summed E-state index contributed by atoms with van der Waals surface area (Å²) in [5, 5.41) is 0. The molecule has 1 aromatic carbocycles. The topological polar surface area (TPSA) is 99.0 Å². The van der Waals surface area contributed by atoms with E-state index in [0.29, 0.717) is 5.75 Å². The molecule has 0 radical (unpaired) electrons. The highest BCUT2D eigenvalue weighted by atomic mass is 16.5. The molecule has 1 aromatic heterocycles. The highest BCUT2D eigenvalue weighted by Gasteiger charge is 2.21. The second-order valence-electron chi connectivity index (χ2n) is 4.27. The lowest BCUT2D eigenvalue weighted by Gasteiger charge is -2.15. The molecule has 8 nitrogen and oxygen atoms in total. The Hall–Kier alpha value is -3.16. The van der Waals surface area contributed by atoms with Gasteiger partial charge < -0.3 is 18.6 Å². The number of methoxy groups -OCH3 is 3. The molecule has 0 saturated heterocycles. The number of carbonyl (C=O) groups excluding carboxylic acids is 2. The molecule has 0 unspecified atom stereocenters. The van der Waals surface area contributed by atoms with Crippen LogP contribution >= 0.6 is 0 Å². The average molecular weight is 320 g/mol. The molecule has 23 heavy (non-hydrogen) atoms. The van der Waals surface area contributed by atoms with Crippen molar-refractivity contribution in [3.8, 4) is 17.2 Å². The molecule has 0 bridgehead atoms. The summed E-state index contributed by atoms with van der Waals surface area (Å²) in [6.07, 6.45) is 1.36. The van der Waals surface area contributed by atoms with Crippen molar-refractivity contribution in [1.29, 1.82) is 0 Å². The number of hydrogen-bond donors (Lipinski definition) is 2. The fourth-order valence-corrected chi connectivity index (χ4v) is 1.93. The number of rotatable bonds is 5. The van der Waals surface area contributed by atoms with Gasteiger partial charge in [-0.25, -0.2) is 0 Å². The Kier molecular flexibility index (Phi) is 5.08. The Morgan fingerprint density at radius 2 is 1.61 bits per heavy atom. The molecule has 0 saturated carbocycles. The van der Waals surface area contributed by atoms with Crippen molar-refractivity contribution in [2.45, 2.75) is 0 Å². The maximum Gasteiger partial charge on any atom is 0.305 e. The third kappa shape index (κ3) is 3.37. The zero-order valence-electron chi connectivity index (χ0n) is 12.8. The van der Waals surface area contributed by atoms with E-state index < -0.39 is 11.8 Å². The van der Waals surface area contributed by atoms with E-state index in [-0.39, 0.29) is 22.8 Å². The van der Waals surface area contributed by atoms with Gasteiger partial charge in [0.15, 0.2) is 17.3 Å². The zero-order chi connectivity index (χ0) is 16.8. The molecule has 2 aromatic rings. The molecule has 2 rings (SSSR count). The molecule has 122 valence electrons. The van der Waals surface area contributed by atoms with Crippen molar-refractivity contribution in [1.82, 2.24) is 10.9 Å². The minimum atomic E-state index is -0.581. The van der Waals surface area contributed by atoms with E-state index >= 15 is 0 Å². The van der Waals surface area contributed by atoms with Crippen LogP contribution in [0, 0.1) is 0 Å². The summed E-state index contributed by atoms with van der Waals surface area (Å²) in [6, 6.07) is 6.09. The second-order valence-corrected chi connectivity index (χ2v) is 4.27. The number of carbonyl (C=O) groups is 2. The van der Waals surface area contributed by atoms with Crippen LogP contribution < -0.4 is 25.1 Å². The molecular weight excluding hydrogens is 304 g/mol. The van der Waals surface area contributed by atoms with E-state index in [1.54, 1.807) is 12.1 Å². The molecule has 0 aliphatic carbocycles. The predicted octanol–water partition coefficient (Wildman–Crippen LogP) is 1.38. The Balaban J connectivity index is 2.17. The first-order valence-electron chi connectivity index (χ1n) is 6.55. The second kappa shape index (κ2) is 7.21. The van der Waals surface area contributed by atoms with Crippen LogP contribution in [0.2, 0.25) is 0 Å². The van der Waals surface area contributed by atoms with Gasteiger partial charge in [-0.3, -0.25) is 20.4 Å². The predicted molar refractivity (Wildman–Crippen MR) is 79.7 cm³/mol. The van der Waals surface area contributed by atoms with Crippen molar-refractivity contribution >= 4 is 11.8 Å². The van der Waals surface area contributed by atoms with E-state index in [2.05, 4.69) is 10.9 Å². The highest BCUT2D eigenvalue weighted by Crippen LogP contribution is 2.39. The van der Waals surface area contributed by atoms with Gasteiger partial charge in [0.2, 0.25) is 5.75 Å². The Bertz CT molecular complexity index is 696. The van der Waals surface area contributed by atoms with Crippen LogP contribution in [0.15, 0.2) is 34.9 Å². The number of benzene rings is 1. The van der Waals surface area contributed by atoms with Gasteiger partial charge in [-0.2, -0.15) is 0 Å². The summed E-state index contributed by atoms with van der Waals surface area (Å²) in [5.41, 5.74) is 4.69. The number of hydrazine groups is 1. The minimum Gasteiger partial charge on any atom is -0.493 e. The van der Waals surface area contributed by atoms with Crippen LogP contribution in [0.4, 0.5) is 0 Å². The smallest absolute Gasteiger partial charge is 0.305 e. The van der Waals surface area contributed by atoms with Crippen LogP contribution in [-0.2, 0) is 0 Å². The molecule has 0 spiro atoms. The van der Waals surface area contributed by atoms with Gasteiger partial charge in [0.25, 0.3) is 5.91 Å². The van der Waals surface area contributed by atoms with E-state index in [4.69, 9.17) is 18.6 Å². The lowest BCUT2D eigenvalue weighted by atomic mass is 10.1. The molecule has 8 heteroatoms. The highest BCUT2D eigenvalue weighted by molar-refractivity contribution is 6.00. The summed E-state index contributed by atoms with van der Waals surface area (Å²) in [7, 11) is 4.30. The third-order valence-electron chi connectivity index (χ3n) is 2.98. The van der Waals surface area contributed by atoms with E-state index in [9.17, 15) is 9.59 Å². The van der Waals surface area contributed by atoms with Crippen molar-refractivity contribution < 1.29 is 28.2 Å². The fraction of sp³-hybridized carbons (Fsp3) is 0.200. The molecule has 0 aliphatic rings. The molecule has 0 fully saturated rings.